The Morgan fingerprint density at radius 2 is 2.32 bits per heavy atom. The number of rotatable bonds is 3. The van der Waals surface area contributed by atoms with Crippen LogP contribution in [0.25, 0.3) is 0 Å². The van der Waals surface area contributed by atoms with Crippen molar-refractivity contribution in [1.82, 2.24) is 10.1 Å². The zero-order chi connectivity index (χ0) is 14.2. The summed E-state index contributed by atoms with van der Waals surface area (Å²) in [7, 11) is 1.32. The van der Waals surface area contributed by atoms with Gasteiger partial charge in [0, 0.05) is 12.6 Å². The van der Waals surface area contributed by atoms with Gasteiger partial charge in [0.1, 0.15) is 11.8 Å². The molecule has 0 bridgehead atoms. The third-order valence-electron chi connectivity index (χ3n) is 3.79. The fourth-order valence-corrected chi connectivity index (χ4v) is 2.40. The summed E-state index contributed by atoms with van der Waals surface area (Å²) in [5.41, 5.74) is -0.102. The molecule has 2 rings (SSSR count). The van der Waals surface area contributed by atoms with Crippen molar-refractivity contribution in [3.8, 4) is 0 Å². The predicted molar refractivity (Wildman–Crippen MR) is 66.4 cm³/mol. The Bertz CT molecular complexity index is 510. The number of carbonyl (C=O) groups is 2. The molecule has 6 heteroatoms. The van der Waals surface area contributed by atoms with Crippen molar-refractivity contribution in [2.24, 2.45) is 0 Å². The van der Waals surface area contributed by atoms with Gasteiger partial charge < -0.3 is 14.2 Å². The van der Waals surface area contributed by atoms with Crippen LogP contribution >= 0.6 is 0 Å². The van der Waals surface area contributed by atoms with E-state index in [1.165, 1.54) is 12.0 Å². The molecule has 0 radical (unpaired) electrons. The van der Waals surface area contributed by atoms with Gasteiger partial charge in [-0.15, -0.1) is 0 Å². The van der Waals surface area contributed by atoms with E-state index in [1.54, 1.807) is 19.9 Å². The largest absolute Gasteiger partial charge is 0.467 e. The molecule has 19 heavy (non-hydrogen) atoms. The van der Waals surface area contributed by atoms with Crippen molar-refractivity contribution in [1.29, 1.82) is 0 Å². The topological polar surface area (TPSA) is 72.6 Å². The van der Waals surface area contributed by atoms with Crippen LogP contribution in [-0.4, -0.2) is 41.6 Å². The number of aryl methyl sites for hydroxylation is 1. The normalized spacial score (nSPS) is 24.6. The van der Waals surface area contributed by atoms with Gasteiger partial charge >= 0.3 is 5.97 Å². The van der Waals surface area contributed by atoms with E-state index >= 15 is 0 Å². The Kier molecular flexibility index (Phi) is 3.34. The molecule has 2 heterocycles. The summed E-state index contributed by atoms with van der Waals surface area (Å²) in [6.07, 6.45) is 0.610. The highest BCUT2D eigenvalue weighted by molar-refractivity contribution is 5.92. The molecular formula is C13H18N2O4. The lowest BCUT2D eigenvalue weighted by Gasteiger charge is -2.25. The smallest absolute Gasteiger partial charge is 0.328 e. The molecule has 1 aromatic rings. The summed E-state index contributed by atoms with van der Waals surface area (Å²) < 4.78 is 9.73. The summed E-state index contributed by atoms with van der Waals surface area (Å²) in [5, 5.41) is 3.94. The SMILES string of the molecule is COC(=O)C(C)N1CCC(C)(c2cc(C)on2)C1=O. The average molecular weight is 266 g/mol. The van der Waals surface area contributed by atoms with Crippen LogP contribution in [0.2, 0.25) is 0 Å². The highest BCUT2D eigenvalue weighted by Crippen LogP contribution is 2.36. The second-order valence-electron chi connectivity index (χ2n) is 5.10. The number of hydrogen-bond acceptors (Lipinski definition) is 5. The van der Waals surface area contributed by atoms with Gasteiger partial charge in [0.25, 0.3) is 0 Å². The molecule has 1 aliphatic rings. The van der Waals surface area contributed by atoms with Crippen molar-refractivity contribution >= 4 is 11.9 Å². The minimum Gasteiger partial charge on any atom is -0.467 e. The van der Waals surface area contributed by atoms with E-state index in [4.69, 9.17) is 4.52 Å². The Morgan fingerprint density at radius 1 is 1.63 bits per heavy atom. The first-order valence-electron chi connectivity index (χ1n) is 6.23. The van der Waals surface area contributed by atoms with Gasteiger partial charge in [-0.25, -0.2) is 4.79 Å². The van der Waals surface area contributed by atoms with Gasteiger partial charge in [-0.05, 0) is 27.2 Å². The van der Waals surface area contributed by atoms with E-state index in [0.29, 0.717) is 24.4 Å². The van der Waals surface area contributed by atoms with Crippen molar-refractivity contribution < 1.29 is 18.8 Å². The van der Waals surface area contributed by atoms with Gasteiger partial charge in [-0.1, -0.05) is 5.16 Å². The van der Waals surface area contributed by atoms with Crippen LogP contribution in [0.5, 0.6) is 0 Å². The molecule has 0 spiro atoms. The maximum atomic E-state index is 12.5. The van der Waals surface area contributed by atoms with E-state index < -0.39 is 17.4 Å². The predicted octanol–water partition coefficient (Wildman–Crippen LogP) is 1.03. The molecule has 6 nitrogen and oxygen atoms in total. The quantitative estimate of drug-likeness (QED) is 0.764. The molecule has 1 aromatic heterocycles. The monoisotopic (exact) mass is 266 g/mol. The van der Waals surface area contributed by atoms with E-state index in [1.807, 2.05) is 6.92 Å². The van der Waals surface area contributed by atoms with Crippen LogP contribution in [0, 0.1) is 6.92 Å². The molecule has 1 fully saturated rings. The molecule has 1 aliphatic heterocycles. The van der Waals surface area contributed by atoms with Gasteiger partial charge in [0.15, 0.2) is 0 Å². The van der Waals surface area contributed by atoms with E-state index in [9.17, 15) is 9.59 Å². The Labute approximate surface area is 111 Å². The highest BCUT2D eigenvalue weighted by atomic mass is 16.5. The number of nitrogens with zero attached hydrogens (tertiary/aromatic N) is 2. The summed E-state index contributed by atoms with van der Waals surface area (Å²) in [4.78, 5) is 25.6. The molecular weight excluding hydrogens is 248 g/mol. The Balaban J connectivity index is 2.24. The number of likely N-dealkylation sites (tertiary alicyclic amines) is 1. The second kappa shape index (κ2) is 4.68. The summed E-state index contributed by atoms with van der Waals surface area (Å²) >= 11 is 0. The molecule has 2 atom stereocenters. The second-order valence-corrected chi connectivity index (χ2v) is 5.10. The molecule has 0 saturated carbocycles. The number of amides is 1. The fraction of sp³-hybridized carbons (Fsp3) is 0.615. The zero-order valence-corrected chi connectivity index (χ0v) is 11.6. The molecule has 0 N–H and O–H groups in total. The lowest BCUT2D eigenvalue weighted by Crippen LogP contribution is -2.44. The van der Waals surface area contributed by atoms with Crippen LogP contribution in [-0.2, 0) is 19.7 Å². The fourth-order valence-electron chi connectivity index (χ4n) is 2.40. The number of aromatic nitrogens is 1. The van der Waals surface area contributed by atoms with Crippen LogP contribution in [0.15, 0.2) is 10.6 Å². The first kappa shape index (κ1) is 13.6. The standard InChI is InChI=1S/C13H18N2O4/c1-8-7-10(14-19-8)13(3)5-6-15(12(13)17)9(2)11(16)18-4/h7,9H,5-6H2,1-4H3. The van der Waals surface area contributed by atoms with E-state index in [0.717, 1.165) is 0 Å². The number of carbonyl (C=O) groups excluding carboxylic acids is 2. The van der Waals surface area contributed by atoms with Crippen LogP contribution < -0.4 is 0 Å². The van der Waals surface area contributed by atoms with Crippen molar-refractivity contribution in [2.45, 2.75) is 38.6 Å². The Morgan fingerprint density at radius 3 is 2.84 bits per heavy atom. The Hall–Kier alpha value is -1.85. The minimum absolute atomic E-state index is 0.112. The van der Waals surface area contributed by atoms with Gasteiger partial charge in [-0.3, -0.25) is 4.79 Å². The summed E-state index contributed by atoms with van der Waals surface area (Å²) in [5.74, 6) is 0.149. The van der Waals surface area contributed by atoms with Gasteiger partial charge in [-0.2, -0.15) is 0 Å². The van der Waals surface area contributed by atoms with Crippen LogP contribution in [0.3, 0.4) is 0 Å². The molecule has 104 valence electrons. The first-order chi connectivity index (χ1) is 8.90. The molecule has 1 amide bonds. The molecule has 2 unspecified atom stereocenters. The number of esters is 1. The van der Waals surface area contributed by atoms with E-state index in [2.05, 4.69) is 9.89 Å². The molecule has 0 aromatic carbocycles. The third-order valence-corrected chi connectivity index (χ3v) is 3.79. The number of hydrogen-bond donors (Lipinski definition) is 0. The summed E-state index contributed by atoms with van der Waals surface area (Å²) in [6, 6.07) is 1.19. The number of methoxy groups -OCH3 is 1. The summed E-state index contributed by atoms with van der Waals surface area (Å²) in [6.45, 7) is 5.80. The van der Waals surface area contributed by atoms with Gasteiger partial charge in [0.2, 0.25) is 5.91 Å². The maximum Gasteiger partial charge on any atom is 0.328 e. The first-order valence-corrected chi connectivity index (χ1v) is 6.23. The molecule has 1 saturated heterocycles. The van der Waals surface area contributed by atoms with Crippen molar-refractivity contribution in [3.63, 3.8) is 0 Å². The van der Waals surface area contributed by atoms with Gasteiger partial charge in [0.05, 0.1) is 18.2 Å². The third kappa shape index (κ3) is 2.11. The maximum absolute atomic E-state index is 12.5. The van der Waals surface area contributed by atoms with Crippen LogP contribution in [0.4, 0.5) is 0 Å². The van der Waals surface area contributed by atoms with Crippen molar-refractivity contribution in [2.75, 3.05) is 13.7 Å². The zero-order valence-electron chi connectivity index (χ0n) is 11.6. The van der Waals surface area contributed by atoms with E-state index in [-0.39, 0.29) is 5.91 Å². The lowest BCUT2D eigenvalue weighted by molar-refractivity contribution is -0.151. The van der Waals surface area contributed by atoms with Crippen molar-refractivity contribution in [3.05, 3.63) is 17.5 Å². The molecule has 0 aliphatic carbocycles. The minimum atomic E-state index is -0.722. The average Bonchev–Trinajstić information content (AvgIpc) is 2.95. The highest BCUT2D eigenvalue weighted by Gasteiger charge is 2.48. The van der Waals surface area contributed by atoms with Crippen LogP contribution in [0.1, 0.15) is 31.7 Å². The number of ether oxygens (including phenoxy) is 1. The lowest BCUT2D eigenvalue weighted by atomic mass is 9.85.